The second kappa shape index (κ2) is 4.70. The lowest BCUT2D eigenvalue weighted by Crippen LogP contribution is -2.22. The fourth-order valence-corrected chi connectivity index (χ4v) is 2.16. The fraction of sp³-hybridized carbons (Fsp3) is 0.167. The lowest BCUT2D eigenvalue weighted by molar-refractivity contribution is 0.899. The largest absolute Gasteiger partial charge is 0.358 e. The Balaban J connectivity index is 2.25. The monoisotopic (exact) mass is 375 g/mol. The van der Waals surface area contributed by atoms with Crippen LogP contribution in [0.3, 0.4) is 0 Å². The summed E-state index contributed by atoms with van der Waals surface area (Å²) in [6, 6.07) is 8.31. The van der Waals surface area contributed by atoms with Gasteiger partial charge in [0, 0.05) is 15.9 Å². The van der Waals surface area contributed by atoms with Gasteiger partial charge in [0.1, 0.15) is 0 Å². The molecule has 1 aliphatic rings. The summed E-state index contributed by atoms with van der Waals surface area (Å²) in [5, 5.41) is 3.35. The van der Waals surface area contributed by atoms with Gasteiger partial charge < -0.3 is 5.32 Å². The highest BCUT2D eigenvalue weighted by Gasteiger charge is 2.15. The van der Waals surface area contributed by atoms with Gasteiger partial charge in [-0.05, 0) is 24.1 Å². The van der Waals surface area contributed by atoms with Gasteiger partial charge in [-0.15, -0.1) is 0 Å². The molecule has 1 aromatic rings. The lowest BCUT2D eigenvalue weighted by Gasteiger charge is -2.22. The summed E-state index contributed by atoms with van der Waals surface area (Å²) in [5.41, 5.74) is 3.47. The molecule has 1 N–H and O–H groups in total. The molecule has 78 valence electrons. The maximum atomic E-state index is 4.02. The first-order valence-electron chi connectivity index (χ1n) is 4.73. The molecule has 3 heteroatoms. The highest BCUT2D eigenvalue weighted by molar-refractivity contribution is 14.1. The van der Waals surface area contributed by atoms with Crippen LogP contribution in [-0.4, -0.2) is 3.92 Å². The second-order valence-electron chi connectivity index (χ2n) is 3.48. The van der Waals surface area contributed by atoms with E-state index >= 15 is 0 Å². The van der Waals surface area contributed by atoms with Gasteiger partial charge in [-0.1, -0.05) is 63.3 Å². The predicted molar refractivity (Wildman–Crippen MR) is 76.8 cm³/mol. The van der Waals surface area contributed by atoms with Crippen LogP contribution in [0.4, 0.5) is 0 Å². The number of hydrogen-bond acceptors (Lipinski definition) is 1. The van der Waals surface area contributed by atoms with E-state index in [-0.39, 0.29) is 0 Å². The van der Waals surface area contributed by atoms with Crippen LogP contribution in [0.5, 0.6) is 0 Å². The Bertz CT molecular complexity index is 408. The highest BCUT2D eigenvalue weighted by atomic mass is 127. The SMILES string of the molecule is C=C1NC(c2ccc(Br)cc2)=CCC1I. The summed E-state index contributed by atoms with van der Waals surface area (Å²) in [5.74, 6) is 0. The molecule has 0 saturated carbocycles. The van der Waals surface area contributed by atoms with Gasteiger partial charge in [-0.3, -0.25) is 0 Å². The zero-order valence-corrected chi connectivity index (χ0v) is 11.9. The number of alkyl halides is 1. The number of benzene rings is 1. The quantitative estimate of drug-likeness (QED) is 0.575. The maximum absolute atomic E-state index is 4.02. The van der Waals surface area contributed by atoms with E-state index in [1.807, 2.05) is 0 Å². The van der Waals surface area contributed by atoms with Gasteiger partial charge in [0.25, 0.3) is 0 Å². The van der Waals surface area contributed by atoms with Gasteiger partial charge in [-0.25, -0.2) is 0 Å². The molecule has 0 aromatic heterocycles. The molecular weight excluding hydrogens is 365 g/mol. The molecule has 15 heavy (non-hydrogen) atoms. The van der Waals surface area contributed by atoms with Crippen LogP contribution in [0.15, 0.2) is 47.1 Å². The van der Waals surface area contributed by atoms with E-state index in [1.165, 1.54) is 11.3 Å². The molecular formula is C12H11BrIN. The Hall–Kier alpha value is -0.290. The van der Waals surface area contributed by atoms with Crippen molar-refractivity contribution in [1.29, 1.82) is 0 Å². The molecule has 0 aliphatic carbocycles. The smallest absolute Gasteiger partial charge is 0.0539 e. The van der Waals surface area contributed by atoms with E-state index in [0.29, 0.717) is 3.92 Å². The van der Waals surface area contributed by atoms with Crippen LogP contribution in [-0.2, 0) is 0 Å². The average Bonchev–Trinajstić information content (AvgIpc) is 2.23. The predicted octanol–water partition coefficient (Wildman–Crippen LogP) is 4.10. The van der Waals surface area contributed by atoms with E-state index in [2.05, 4.69) is 80.8 Å². The van der Waals surface area contributed by atoms with E-state index in [9.17, 15) is 0 Å². The van der Waals surface area contributed by atoms with Crippen molar-refractivity contribution < 1.29 is 0 Å². The molecule has 2 rings (SSSR count). The molecule has 1 aromatic carbocycles. The molecule has 1 aliphatic heterocycles. The lowest BCUT2D eigenvalue weighted by atomic mass is 10.1. The van der Waals surface area contributed by atoms with Gasteiger partial charge in [-0.2, -0.15) is 0 Å². The second-order valence-corrected chi connectivity index (χ2v) is 5.90. The first-order valence-corrected chi connectivity index (χ1v) is 6.76. The summed E-state index contributed by atoms with van der Waals surface area (Å²) in [4.78, 5) is 0. The van der Waals surface area contributed by atoms with Crippen molar-refractivity contribution in [2.24, 2.45) is 0 Å². The molecule has 0 saturated heterocycles. The Morgan fingerprint density at radius 1 is 1.33 bits per heavy atom. The number of hydrogen-bond donors (Lipinski definition) is 1. The van der Waals surface area contributed by atoms with Gasteiger partial charge in [0.2, 0.25) is 0 Å². The minimum atomic E-state index is 0.502. The van der Waals surface area contributed by atoms with Crippen LogP contribution >= 0.6 is 38.5 Å². The third-order valence-corrected chi connectivity index (χ3v) is 4.15. The number of allylic oxidation sites excluding steroid dienone is 2. The third-order valence-electron chi connectivity index (χ3n) is 2.36. The summed E-state index contributed by atoms with van der Waals surface area (Å²) in [6.45, 7) is 4.02. The van der Waals surface area contributed by atoms with Crippen molar-refractivity contribution in [3.8, 4) is 0 Å². The van der Waals surface area contributed by atoms with Crippen molar-refractivity contribution >= 4 is 44.2 Å². The molecule has 1 heterocycles. The first kappa shape index (κ1) is 11.2. The molecule has 1 atom stereocenters. The standard InChI is InChI=1S/C12H11BrIN/c1-8-11(14)6-7-12(15-8)9-2-4-10(13)5-3-9/h2-5,7,11,15H,1,6H2. The molecule has 0 bridgehead atoms. The molecule has 0 radical (unpaired) electrons. The van der Waals surface area contributed by atoms with Crippen molar-refractivity contribution in [1.82, 2.24) is 5.32 Å². The minimum Gasteiger partial charge on any atom is -0.358 e. The number of rotatable bonds is 1. The highest BCUT2D eigenvalue weighted by Crippen LogP contribution is 2.25. The van der Waals surface area contributed by atoms with Crippen LogP contribution in [0.2, 0.25) is 0 Å². The first-order chi connectivity index (χ1) is 7.16. The van der Waals surface area contributed by atoms with E-state index in [1.54, 1.807) is 0 Å². The van der Waals surface area contributed by atoms with E-state index < -0.39 is 0 Å². The van der Waals surface area contributed by atoms with E-state index in [4.69, 9.17) is 0 Å². The Labute approximate surface area is 112 Å². The molecule has 0 amide bonds. The summed E-state index contributed by atoms with van der Waals surface area (Å²) in [7, 11) is 0. The maximum Gasteiger partial charge on any atom is 0.0539 e. The fourth-order valence-electron chi connectivity index (χ4n) is 1.49. The van der Waals surface area contributed by atoms with Crippen LogP contribution in [0.1, 0.15) is 12.0 Å². The van der Waals surface area contributed by atoms with Gasteiger partial charge >= 0.3 is 0 Å². The number of nitrogens with one attached hydrogen (secondary N) is 1. The van der Waals surface area contributed by atoms with E-state index in [0.717, 1.165) is 16.6 Å². The zero-order chi connectivity index (χ0) is 10.8. The van der Waals surface area contributed by atoms with Crippen molar-refractivity contribution in [3.63, 3.8) is 0 Å². The molecule has 0 fully saturated rings. The van der Waals surface area contributed by atoms with Gasteiger partial charge in [0.15, 0.2) is 0 Å². The molecule has 1 nitrogen and oxygen atoms in total. The summed E-state index contributed by atoms with van der Waals surface area (Å²) in [6.07, 6.45) is 3.28. The summed E-state index contributed by atoms with van der Waals surface area (Å²) >= 11 is 5.84. The van der Waals surface area contributed by atoms with Crippen LogP contribution in [0.25, 0.3) is 5.70 Å². The third kappa shape index (κ3) is 2.64. The van der Waals surface area contributed by atoms with Crippen LogP contribution < -0.4 is 5.32 Å². The normalized spacial score (nSPS) is 20.8. The topological polar surface area (TPSA) is 12.0 Å². The van der Waals surface area contributed by atoms with Crippen LogP contribution in [0, 0.1) is 0 Å². The zero-order valence-electron chi connectivity index (χ0n) is 8.13. The minimum absolute atomic E-state index is 0.502. The number of halogens is 2. The molecule has 1 unspecified atom stereocenters. The van der Waals surface area contributed by atoms with Crippen molar-refractivity contribution in [2.75, 3.05) is 0 Å². The van der Waals surface area contributed by atoms with Crippen molar-refractivity contribution in [3.05, 3.63) is 52.7 Å². The van der Waals surface area contributed by atoms with Crippen molar-refractivity contribution in [2.45, 2.75) is 10.3 Å². The average molecular weight is 376 g/mol. The summed E-state index contributed by atoms with van der Waals surface area (Å²) < 4.78 is 1.61. The Morgan fingerprint density at radius 2 is 2.00 bits per heavy atom. The van der Waals surface area contributed by atoms with Gasteiger partial charge in [0.05, 0.1) is 3.92 Å². The Morgan fingerprint density at radius 3 is 2.60 bits per heavy atom. The molecule has 0 spiro atoms. The Kier molecular flexibility index (Phi) is 3.51.